The number of carbonyl (C=O) groups is 4. The van der Waals surface area contributed by atoms with E-state index in [0.29, 0.717) is 35.0 Å². The summed E-state index contributed by atoms with van der Waals surface area (Å²) in [6.45, 7) is 5.61. The van der Waals surface area contributed by atoms with Gasteiger partial charge in [-0.3, -0.25) is 24.2 Å². The zero-order chi connectivity index (χ0) is 29.3. The molecule has 1 aliphatic rings. The fourth-order valence-electron chi connectivity index (χ4n) is 3.94. The first-order chi connectivity index (χ1) is 19.2. The molecule has 2 amide bonds. The van der Waals surface area contributed by atoms with E-state index in [1.165, 1.54) is 42.8 Å². The highest BCUT2D eigenvalue weighted by atomic mass is 32.2. The summed E-state index contributed by atoms with van der Waals surface area (Å²) in [5.41, 5.74) is 2.24. The quantitative estimate of drug-likeness (QED) is 0.232. The van der Waals surface area contributed by atoms with Crippen LogP contribution in [-0.2, 0) is 30.5 Å². The number of pyridine rings is 1. The number of aliphatic imine (C=N–C) groups is 1. The van der Waals surface area contributed by atoms with Crippen molar-refractivity contribution in [3.8, 4) is 0 Å². The first-order valence-corrected chi connectivity index (χ1v) is 16.1. The Balaban J connectivity index is 2.03. The Hall–Kier alpha value is -2.66. The van der Waals surface area contributed by atoms with Crippen molar-refractivity contribution in [2.24, 2.45) is 4.99 Å². The number of unbranched alkanes of at least 4 members (excludes halogenated alkanes) is 4. The molecule has 1 aromatic rings. The number of ether oxygens (including phenoxy) is 1. The Bertz CT molecular complexity index is 1080. The van der Waals surface area contributed by atoms with Crippen molar-refractivity contribution < 1.29 is 23.9 Å². The van der Waals surface area contributed by atoms with E-state index in [1.807, 2.05) is 31.4 Å². The number of hydrogen-bond acceptors (Lipinski definition) is 9. The number of allylic oxidation sites excluding steroid dienone is 1. The zero-order valence-electron chi connectivity index (χ0n) is 24.0. The molecule has 0 unspecified atom stereocenters. The van der Waals surface area contributed by atoms with Gasteiger partial charge in [0, 0.05) is 12.2 Å². The first kappa shape index (κ1) is 33.5. The molecular formula is C29H42N4O5S2. The number of carbonyl (C=O) groups excluding carboxylic acids is 4. The minimum Gasteiger partial charge on any atom is -0.456 e. The zero-order valence-corrected chi connectivity index (χ0v) is 25.6. The van der Waals surface area contributed by atoms with E-state index >= 15 is 0 Å². The molecule has 2 heterocycles. The summed E-state index contributed by atoms with van der Waals surface area (Å²) < 4.78 is 5.49. The summed E-state index contributed by atoms with van der Waals surface area (Å²) in [7, 11) is 0. The lowest BCUT2D eigenvalue weighted by Gasteiger charge is -2.17. The lowest BCUT2D eigenvalue weighted by Crippen LogP contribution is -2.38. The van der Waals surface area contributed by atoms with Gasteiger partial charge in [-0.15, -0.1) is 11.8 Å². The molecule has 2 atom stereocenters. The van der Waals surface area contributed by atoms with Crippen LogP contribution < -0.4 is 10.6 Å². The molecule has 0 aromatic carbocycles. The number of rotatable bonds is 10. The average molecular weight is 591 g/mol. The summed E-state index contributed by atoms with van der Waals surface area (Å²) in [5.74, 6) is -0.756. The highest BCUT2D eigenvalue weighted by molar-refractivity contribution is 8.14. The molecule has 0 radical (unpaired) electrons. The van der Waals surface area contributed by atoms with E-state index in [-0.39, 0.29) is 30.5 Å². The van der Waals surface area contributed by atoms with Gasteiger partial charge >= 0.3 is 5.97 Å². The number of aryl methyl sites for hydroxylation is 1. The van der Waals surface area contributed by atoms with Crippen molar-refractivity contribution in [1.82, 2.24) is 15.6 Å². The van der Waals surface area contributed by atoms with Gasteiger partial charge in [0.2, 0.25) is 11.8 Å². The molecule has 1 aliphatic heterocycles. The second kappa shape index (κ2) is 18.6. The number of nitrogens with one attached hydrogen (secondary N) is 2. The van der Waals surface area contributed by atoms with Crippen molar-refractivity contribution in [3.63, 3.8) is 0 Å². The van der Waals surface area contributed by atoms with E-state index < -0.39 is 24.0 Å². The minimum absolute atomic E-state index is 0.0768. The van der Waals surface area contributed by atoms with Gasteiger partial charge in [-0.2, -0.15) is 0 Å². The van der Waals surface area contributed by atoms with Crippen molar-refractivity contribution in [3.05, 3.63) is 41.2 Å². The monoisotopic (exact) mass is 590 g/mol. The third-order valence-corrected chi connectivity index (χ3v) is 7.72. The summed E-state index contributed by atoms with van der Waals surface area (Å²) in [6.07, 6.45) is 11.2. The van der Waals surface area contributed by atoms with Crippen LogP contribution in [0.2, 0.25) is 0 Å². The SMILES string of the molecule is CCCCCCCC(=O)SCC/C=C/[C@@H]1CC(=O)NCc2cc(C)cc(n2)/C(SC)=N/[C@H](C)C(=O)NCC(=O)O1. The third-order valence-electron chi connectivity index (χ3n) is 6.05. The molecule has 2 N–H and O–H groups in total. The number of amides is 2. The number of cyclic esters (lactones) is 1. The Morgan fingerprint density at radius 3 is 2.65 bits per heavy atom. The molecule has 2 bridgehead atoms. The maximum absolute atomic E-state index is 12.7. The highest BCUT2D eigenvalue weighted by Gasteiger charge is 2.20. The Kier molecular flexibility index (Phi) is 15.6. The molecule has 11 heteroatoms. The molecule has 0 spiro atoms. The maximum atomic E-state index is 12.7. The number of thioether (sulfide) groups is 2. The van der Waals surface area contributed by atoms with Crippen LogP contribution in [0.1, 0.15) is 82.2 Å². The van der Waals surface area contributed by atoms with E-state index in [0.717, 1.165) is 18.4 Å². The second-order valence-electron chi connectivity index (χ2n) is 9.66. The minimum atomic E-state index is -0.809. The van der Waals surface area contributed by atoms with Gasteiger partial charge in [0.25, 0.3) is 0 Å². The van der Waals surface area contributed by atoms with Gasteiger partial charge in [-0.25, -0.2) is 4.98 Å². The predicted molar refractivity (Wildman–Crippen MR) is 162 cm³/mol. The molecule has 40 heavy (non-hydrogen) atoms. The topological polar surface area (TPSA) is 127 Å². The largest absolute Gasteiger partial charge is 0.456 e. The van der Waals surface area contributed by atoms with Crippen molar-refractivity contribution in [2.75, 3.05) is 18.6 Å². The fourth-order valence-corrected chi connectivity index (χ4v) is 5.29. The van der Waals surface area contributed by atoms with Crippen molar-refractivity contribution >= 4 is 51.5 Å². The number of aromatic nitrogens is 1. The standard InChI is InChI=1S/C29H42N4O5S2/c1-5-6-7-8-9-13-27(36)40-14-11-10-12-23-17-25(34)30-18-22-15-20(2)16-24(33-22)29(39-4)32-21(3)28(37)31-19-26(35)38-23/h10,12,15-16,21,23H,5-9,11,13-14,17-19H2,1-4H3,(H,30,34)(H,31,37)/b12-10+,32-29-/t21-,23-/m1/s1. The van der Waals surface area contributed by atoms with Gasteiger partial charge in [0.15, 0.2) is 5.12 Å². The summed E-state index contributed by atoms with van der Waals surface area (Å²) in [4.78, 5) is 59.0. The molecule has 0 saturated heterocycles. The number of nitrogens with zero attached hydrogens (tertiary/aromatic N) is 2. The van der Waals surface area contributed by atoms with Gasteiger partial charge in [-0.1, -0.05) is 50.4 Å². The van der Waals surface area contributed by atoms with Crippen LogP contribution in [0, 0.1) is 6.92 Å². The van der Waals surface area contributed by atoms with Crippen LogP contribution in [0.5, 0.6) is 0 Å². The van der Waals surface area contributed by atoms with E-state index in [1.54, 1.807) is 13.0 Å². The molecule has 0 saturated carbocycles. The molecule has 1 aromatic heterocycles. The van der Waals surface area contributed by atoms with Gasteiger partial charge in [0.05, 0.1) is 24.4 Å². The number of esters is 1. The molecule has 0 aliphatic carbocycles. The van der Waals surface area contributed by atoms with E-state index in [2.05, 4.69) is 27.5 Å². The first-order valence-electron chi connectivity index (χ1n) is 13.9. The summed E-state index contributed by atoms with van der Waals surface area (Å²) in [5, 5.41) is 6.19. The van der Waals surface area contributed by atoms with E-state index in [9.17, 15) is 19.2 Å². The Morgan fingerprint density at radius 1 is 1.12 bits per heavy atom. The van der Waals surface area contributed by atoms with Crippen LogP contribution in [0.25, 0.3) is 0 Å². The summed E-state index contributed by atoms with van der Waals surface area (Å²) in [6, 6.07) is 3.02. The summed E-state index contributed by atoms with van der Waals surface area (Å²) >= 11 is 2.67. The fraction of sp³-hybridized carbons (Fsp3) is 0.586. The second-order valence-corrected chi connectivity index (χ2v) is 11.6. The Labute approximate surface area is 246 Å². The lowest BCUT2D eigenvalue weighted by molar-refractivity contribution is -0.148. The normalized spacial score (nSPS) is 20.4. The van der Waals surface area contributed by atoms with Gasteiger partial charge < -0.3 is 15.4 Å². The van der Waals surface area contributed by atoms with Gasteiger partial charge in [0.1, 0.15) is 23.7 Å². The van der Waals surface area contributed by atoms with Crippen LogP contribution in [-0.4, -0.2) is 63.6 Å². The van der Waals surface area contributed by atoms with Crippen LogP contribution in [0.15, 0.2) is 29.3 Å². The average Bonchev–Trinajstić information content (AvgIpc) is 2.92. The van der Waals surface area contributed by atoms with Crippen LogP contribution >= 0.6 is 23.5 Å². The molecule has 0 fully saturated rings. The molecule has 9 nitrogen and oxygen atoms in total. The number of hydrogen-bond donors (Lipinski definition) is 2. The van der Waals surface area contributed by atoms with Gasteiger partial charge in [-0.05, 0) is 56.7 Å². The van der Waals surface area contributed by atoms with Crippen LogP contribution in [0.3, 0.4) is 0 Å². The van der Waals surface area contributed by atoms with Crippen molar-refractivity contribution in [1.29, 1.82) is 0 Å². The van der Waals surface area contributed by atoms with E-state index in [4.69, 9.17) is 4.74 Å². The smallest absolute Gasteiger partial charge is 0.326 e. The Morgan fingerprint density at radius 2 is 1.90 bits per heavy atom. The third kappa shape index (κ3) is 13.1. The predicted octanol–water partition coefficient (Wildman–Crippen LogP) is 4.50. The van der Waals surface area contributed by atoms with Crippen LogP contribution in [0.4, 0.5) is 0 Å². The maximum Gasteiger partial charge on any atom is 0.326 e. The highest BCUT2D eigenvalue weighted by Crippen LogP contribution is 2.16. The molecular weight excluding hydrogens is 548 g/mol. The molecule has 220 valence electrons. The lowest BCUT2D eigenvalue weighted by atomic mass is 10.1. The number of fused-ring (bicyclic) bond motifs is 2. The van der Waals surface area contributed by atoms with Crippen molar-refractivity contribution in [2.45, 2.75) is 90.8 Å². The molecule has 2 rings (SSSR count).